The number of carbonyl (C=O) groups excluding carboxylic acids is 1. The fourth-order valence-electron chi connectivity index (χ4n) is 2.73. The fourth-order valence-corrected chi connectivity index (χ4v) is 2.73. The van der Waals surface area contributed by atoms with Crippen LogP contribution >= 0.6 is 0 Å². The highest BCUT2D eigenvalue weighted by Gasteiger charge is 2.16. The third-order valence-corrected chi connectivity index (χ3v) is 4.17. The Morgan fingerprint density at radius 3 is 2.74 bits per heavy atom. The van der Waals surface area contributed by atoms with Crippen LogP contribution in [-0.4, -0.2) is 35.9 Å². The quantitative estimate of drug-likeness (QED) is 0.515. The Balaban J connectivity index is 2.04. The fraction of sp³-hybridized carbons (Fsp3) is 0.471. The summed E-state index contributed by atoms with van der Waals surface area (Å²) in [6, 6.07) is 6.22. The number of nitrogens with one attached hydrogen (secondary N) is 1. The molecule has 1 atom stereocenters. The molecule has 6 heteroatoms. The number of amides is 1. The number of hydrogen-bond donors (Lipinski definition) is 1. The van der Waals surface area contributed by atoms with Crippen LogP contribution in [0, 0.1) is 10.1 Å². The molecule has 1 N–H and O–H groups in total. The van der Waals surface area contributed by atoms with E-state index < -0.39 is 4.92 Å². The largest absolute Gasteiger partial charge is 0.346 e. The molecule has 0 radical (unpaired) electrons. The predicted molar refractivity (Wildman–Crippen MR) is 89.1 cm³/mol. The number of rotatable bonds is 5. The summed E-state index contributed by atoms with van der Waals surface area (Å²) in [7, 11) is 2.08. The summed E-state index contributed by atoms with van der Waals surface area (Å²) in [5.41, 5.74) is 1.97. The van der Waals surface area contributed by atoms with Crippen molar-refractivity contribution in [3.8, 4) is 0 Å². The Morgan fingerprint density at radius 1 is 1.43 bits per heavy atom. The number of piperidine rings is 1. The topological polar surface area (TPSA) is 75.5 Å². The lowest BCUT2D eigenvalue weighted by molar-refractivity contribution is -0.384. The van der Waals surface area contributed by atoms with Crippen LogP contribution in [0.25, 0.3) is 0 Å². The molecule has 0 bridgehead atoms. The summed E-state index contributed by atoms with van der Waals surface area (Å²) in [6.45, 7) is 3.90. The zero-order chi connectivity index (χ0) is 16.8. The van der Waals surface area contributed by atoms with Crippen molar-refractivity contribution < 1.29 is 9.72 Å². The lowest BCUT2D eigenvalue weighted by Gasteiger charge is -2.24. The van der Waals surface area contributed by atoms with Gasteiger partial charge in [-0.1, -0.05) is 24.6 Å². The van der Waals surface area contributed by atoms with E-state index in [-0.39, 0.29) is 17.6 Å². The maximum Gasteiger partial charge on any atom is 0.269 e. The maximum atomic E-state index is 12.2. The summed E-state index contributed by atoms with van der Waals surface area (Å²) in [5.74, 6) is -0.122. The van der Waals surface area contributed by atoms with Gasteiger partial charge < -0.3 is 10.2 Å². The number of benzene rings is 1. The number of carbonyl (C=O) groups is 1. The highest BCUT2D eigenvalue weighted by Crippen LogP contribution is 2.22. The van der Waals surface area contributed by atoms with E-state index in [0.29, 0.717) is 6.42 Å². The van der Waals surface area contributed by atoms with E-state index in [0.717, 1.165) is 37.1 Å². The summed E-state index contributed by atoms with van der Waals surface area (Å²) >= 11 is 0. The van der Waals surface area contributed by atoms with Gasteiger partial charge in [-0.15, -0.1) is 0 Å². The first-order chi connectivity index (χ1) is 11.0. The molecule has 6 nitrogen and oxygen atoms in total. The second kappa shape index (κ2) is 7.87. The predicted octanol–water partition coefficient (Wildman–Crippen LogP) is 2.81. The van der Waals surface area contributed by atoms with Gasteiger partial charge in [0.2, 0.25) is 5.91 Å². The van der Waals surface area contributed by atoms with Crippen LogP contribution in [0.3, 0.4) is 0 Å². The van der Waals surface area contributed by atoms with Crippen LogP contribution in [0.4, 0.5) is 5.69 Å². The lowest BCUT2D eigenvalue weighted by atomic mass is 10.0. The standard InChI is InChI=1S/C17H23N3O3/c1-3-16(14-5-4-6-15(12-14)20(22)23)18-17(21)11-13-7-9-19(2)10-8-13/h4-6,11-12,16H,3,7-10H2,1-2H3,(H,18,21)/t16-/m0/s1. The molecular weight excluding hydrogens is 294 g/mol. The maximum absolute atomic E-state index is 12.2. The third-order valence-electron chi connectivity index (χ3n) is 4.17. The Bertz CT molecular complexity index is 603. The van der Waals surface area contributed by atoms with Crippen molar-refractivity contribution >= 4 is 11.6 Å². The molecule has 1 heterocycles. The molecule has 124 valence electrons. The molecule has 0 saturated carbocycles. The van der Waals surface area contributed by atoms with Crippen LogP contribution in [0.2, 0.25) is 0 Å². The molecule has 1 aromatic carbocycles. The first-order valence-electron chi connectivity index (χ1n) is 7.92. The average Bonchev–Trinajstić information content (AvgIpc) is 2.55. The SMILES string of the molecule is CC[C@H](NC(=O)C=C1CCN(C)CC1)c1cccc([N+](=O)[O-])c1. The minimum Gasteiger partial charge on any atom is -0.346 e. The molecule has 23 heavy (non-hydrogen) atoms. The smallest absolute Gasteiger partial charge is 0.269 e. The molecule has 0 aromatic heterocycles. The highest BCUT2D eigenvalue weighted by atomic mass is 16.6. The van der Waals surface area contributed by atoms with Crippen molar-refractivity contribution in [2.75, 3.05) is 20.1 Å². The lowest BCUT2D eigenvalue weighted by Crippen LogP contribution is -2.29. The van der Waals surface area contributed by atoms with Crippen LogP contribution < -0.4 is 5.32 Å². The van der Waals surface area contributed by atoms with Crippen LogP contribution in [0.15, 0.2) is 35.9 Å². The van der Waals surface area contributed by atoms with E-state index >= 15 is 0 Å². The van der Waals surface area contributed by atoms with Crippen LogP contribution in [0.5, 0.6) is 0 Å². The van der Waals surface area contributed by atoms with E-state index in [1.54, 1.807) is 12.1 Å². The van der Waals surface area contributed by atoms with Gasteiger partial charge in [-0.25, -0.2) is 0 Å². The van der Waals surface area contributed by atoms with Gasteiger partial charge in [0, 0.05) is 31.3 Å². The van der Waals surface area contributed by atoms with Crippen molar-refractivity contribution in [2.24, 2.45) is 0 Å². The van der Waals surface area contributed by atoms with E-state index in [1.807, 2.05) is 13.0 Å². The summed E-state index contributed by atoms with van der Waals surface area (Å²) in [4.78, 5) is 24.9. The molecule has 1 aliphatic heterocycles. The first-order valence-corrected chi connectivity index (χ1v) is 7.92. The number of non-ortho nitro benzene ring substituents is 1. The Morgan fingerprint density at radius 2 is 2.13 bits per heavy atom. The van der Waals surface area contributed by atoms with Crippen molar-refractivity contribution in [1.29, 1.82) is 0 Å². The molecule has 1 aliphatic rings. The molecule has 0 spiro atoms. The molecule has 2 rings (SSSR count). The summed E-state index contributed by atoms with van der Waals surface area (Å²) < 4.78 is 0. The molecule has 0 unspecified atom stereocenters. The van der Waals surface area contributed by atoms with Gasteiger partial charge in [-0.05, 0) is 31.9 Å². The highest BCUT2D eigenvalue weighted by molar-refractivity contribution is 5.88. The number of nitrogens with zero attached hydrogens (tertiary/aromatic N) is 2. The number of hydrogen-bond acceptors (Lipinski definition) is 4. The van der Waals surface area contributed by atoms with Gasteiger partial charge in [0.05, 0.1) is 11.0 Å². The van der Waals surface area contributed by atoms with Gasteiger partial charge in [0.25, 0.3) is 5.69 Å². The molecule has 1 amide bonds. The summed E-state index contributed by atoms with van der Waals surface area (Å²) in [5, 5.41) is 13.8. The second-order valence-corrected chi connectivity index (χ2v) is 5.93. The van der Waals surface area contributed by atoms with Gasteiger partial charge >= 0.3 is 0 Å². The van der Waals surface area contributed by atoms with E-state index in [9.17, 15) is 14.9 Å². The van der Waals surface area contributed by atoms with Crippen LogP contribution in [-0.2, 0) is 4.79 Å². The number of nitro benzene ring substituents is 1. The Kier molecular flexibility index (Phi) is 5.87. The van der Waals surface area contributed by atoms with Crippen molar-refractivity contribution in [2.45, 2.75) is 32.2 Å². The number of likely N-dealkylation sites (tertiary alicyclic amines) is 1. The zero-order valence-electron chi connectivity index (χ0n) is 13.6. The van der Waals surface area contributed by atoms with Gasteiger partial charge in [-0.2, -0.15) is 0 Å². The monoisotopic (exact) mass is 317 g/mol. The van der Waals surface area contributed by atoms with Gasteiger partial charge in [0.15, 0.2) is 0 Å². The van der Waals surface area contributed by atoms with Gasteiger partial charge in [0.1, 0.15) is 0 Å². The first kappa shape index (κ1) is 17.1. The third kappa shape index (κ3) is 4.89. The molecular formula is C17H23N3O3. The Labute approximate surface area is 136 Å². The van der Waals surface area contributed by atoms with Crippen molar-refractivity contribution in [1.82, 2.24) is 10.2 Å². The van der Waals surface area contributed by atoms with E-state index in [2.05, 4.69) is 17.3 Å². The molecule has 0 aliphatic carbocycles. The second-order valence-electron chi connectivity index (χ2n) is 5.93. The minimum atomic E-state index is -0.418. The van der Waals surface area contributed by atoms with E-state index in [4.69, 9.17) is 0 Å². The van der Waals surface area contributed by atoms with Crippen molar-refractivity contribution in [3.63, 3.8) is 0 Å². The minimum absolute atomic E-state index is 0.0453. The number of nitro groups is 1. The Hall–Kier alpha value is -2.21. The van der Waals surface area contributed by atoms with Crippen molar-refractivity contribution in [3.05, 3.63) is 51.6 Å². The summed E-state index contributed by atoms with van der Waals surface area (Å²) in [6.07, 6.45) is 4.20. The van der Waals surface area contributed by atoms with Crippen LogP contribution in [0.1, 0.15) is 37.8 Å². The molecule has 1 aromatic rings. The molecule has 1 saturated heterocycles. The average molecular weight is 317 g/mol. The van der Waals surface area contributed by atoms with Gasteiger partial charge in [-0.3, -0.25) is 14.9 Å². The van der Waals surface area contributed by atoms with E-state index in [1.165, 1.54) is 12.1 Å². The zero-order valence-corrected chi connectivity index (χ0v) is 13.6. The molecule has 1 fully saturated rings. The normalized spacial score (nSPS) is 16.7.